The summed E-state index contributed by atoms with van der Waals surface area (Å²) in [7, 11) is 0. The second-order valence-electron chi connectivity index (χ2n) is 6.96. The number of nitrogens with zero attached hydrogens (tertiary/aromatic N) is 5. The molecule has 4 heterocycles. The van der Waals surface area contributed by atoms with Gasteiger partial charge in [0.05, 0.1) is 35.7 Å². The van der Waals surface area contributed by atoms with Crippen molar-refractivity contribution in [3.63, 3.8) is 0 Å². The second-order valence-corrected chi connectivity index (χ2v) is 7.87. The number of fused-ring (bicyclic) bond motifs is 1. The van der Waals surface area contributed by atoms with Crippen LogP contribution in [0.25, 0.3) is 16.8 Å². The van der Waals surface area contributed by atoms with E-state index in [1.54, 1.807) is 0 Å². The van der Waals surface area contributed by atoms with E-state index in [-0.39, 0.29) is 18.2 Å². The molecule has 1 N–H and O–H groups in total. The van der Waals surface area contributed by atoms with Gasteiger partial charge in [0.25, 0.3) is 0 Å². The number of likely N-dealkylation sites (N-methyl/N-ethyl adjacent to an activating group) is 1. The summed E-state index contributed by atoms with van der Waals surface area (Å²) in [6.45, 7) is 10.3. The van der Waals surface area contributed by atoms with Crippen molar-refractivity contribution in [2.75, 3.05) is 50.7 Å². The second kappa shape index (κ2) is 9.67. The Bertz CT molecular complexity index is 961. The lowest BCUT2D eigenvalue weighted by atomic mass is 10.1. The number of halogens is 1. The number of rotatable bonds is 7. The fourth-order valence-corrected chi connectivity index (χ4v) is 4.35. The number of aromatic nitrogens is 3. The Morgan fingerprint density at radius 3 is 2.72 bits per heavy atom. The molecule has 0 bridgehead atoms. The molecule has 0 aliphatic carbocycles. The topological polar surface area (TPSA) is 65.8 Å². The Labute approximate surface area is 181 Å². The lowest BCUT2D eigenvalue weighted by molar-refractivity contribution is 0.0941. The number of anilines is 1. The van der Waals surface area contributed by atoms with Crippen LogP contribution in [0.4, 0.5) is 5.69 Å². The van der Waals surface area contributed by atoms with Gasteiger partial charge in [0.1, 0.15) is 0 Å². The molecule has 3 aromatic rings. The largest absolute Gasteiger partial charge is 0.366 e. The average molecular weight is 435 g/mol. The monoisotopic (exact) mass is 434 g/mol. The van der Waals surface area contributed by atoms with Crippen molar-refractivity contribution in [3.05, 3.63) is 34.9 Å². The first-order chi connectivity index (χ1) is 13.7. The number of thiophene rings is 1. The molecule has 0 aromatic carbocycles. The summed E-state index contributed by atoms with van der Waals surface area (Å²) in [6.07, 6.45) is 5.80. The zero-order valence-electron chi connectivity index (χ0n) is 16.8. The molecule has 7 nitrogen and oxygen atoms in total. The number of hydrogen-bond acceptors (Lipinski definition) is 7. The lowest BCUT2D eigenvalue weighted by Gasteiger charge is -2.28. The van der Waals surface area contributed by atoms with E-state index in [1.165, 1.54) is 11.3 Å². The van der Waals surface area contributed by atoms with Crippen LogP contribution in [-0.4, -0.2) is 71.1 Å². The van der Waals surface area contributed by atoms with Crippen LogP contribution >= 0.6 is 23.7 Å². The highest BCUT2D eigenvalue weighted by atomic mass is 35.5. The first-order valence-corrected chi connectivity index (χ1v) is 10.7. The normalized spacial score (nSPS) is 14.4. The molecule has 4 rings (SSSR count). The summed E-state index contributed by atoms with van der Waals surface area (Å²) in [6, 6.07) is 1.97. The molecule has 1 aliphatic heterocycles. The number of nitrogens with one attached hydrogen (secondary N) is 1. The van der Waals surface area contributed by atoms with Crippen molar-refractivity contribution < 1.29 is 4.79 Å². The molecule has 156 valence electrons. The molecule has 1 aliphatic rings. The Kier molecular flexibility index (Phi) is 7.23. The third-order valence-electron chi connectivity index (χ3n) is 5.27. The molecular weight excluding hydrogens is 408 g/mol. The van der Waals surface area contributed by atoms with Crippen LogP contribution in [0.15, 0.2) is 30.0 Å². The number of piperazine rings is 1. The Morgan fingerprint density at radius 2 is 2.00 bits per heavy atom. The number of ketones is 1. The SMILES string of the molecule is CCN(CC)CC(=O)c1cc(-c2cnn3cc(N4CCNCC4)cnc23)cs1.Cl. The Balaban J connectivity index is 0.00000240. The van der Waals surface area contributed by atoms with E-state index in [9.17, 15) is 4.79 Å². The van der Waals surface area contributed by atoms with Crippen molar-refractivity contribution in [1.29, 1.82) is 0 Å². The molecule has 0 atom stereocenters. The smallest absolute Gasteiger partial charge is 0.186 e. The van der Waals surface area contributed by atoms with Crippen LogP contribution < -0.4 is 10.2 Å². The van der Waals surface area contributed by atoms with Gasteiger partial charge in [-0.25, -0.2) is 9.50 Å². The third-order valence-corrected chi connectivity index (χ3v) is 6.24. The molecule has 0 unspecified atom stereocenters. The maximum atomic E-state index is 12.6. The third kappa shape index (κ3) is 4.61. The minimum Gasteiger partial charge on any atom is -0.366 e. The summed E-state index contributed by atoms with van der Waals surface area (Å²) in [5.74, 6) is 0.172. The molecule has 0 radical (unpaired) electrons. The quantitative estimate of drug-likeness (QED) is 0.577. The molecular formula is C20H27ClN6OS. The van der Waals surface area contributed by atoms with Gasteiger partial charge in [0.2, 0.25) is 0 Å². The van der Waals surface area contributed by atoms with Crippen LogP contribution in [0.2, 0.25) is 0 Å². The summed E-state index contributed by atoms with van der Waals surface area (Å²) in [5.41, 5.74) is 3.87. The van der Waals surface area contributed by atoms with Crippen LogP contribution in [0.3, 0.4) is 0 Å². The first kappa shape index (κ1) is 21.7. The van der Waals surface area contributed by atoms with Crippen LogP contribution in [-0.2, 0) is 0 Å². The van der Waals surface area contributed by atoms with Gasteiger partial charge in [-0.2, -0.15) is 5.10 Å². The van der Waals surface area contributed by atoms with Gasteiger partial charge < -0.3 is 10.2 Å². The number of carbonyl (C=O) groups is 1. The molecule has 0 spiro atoms. The van der Waals surface area contributed by atoms with E-state index in [2.05, 4.69) is 39.0 Å². The summed E-state index contributed by atoms with van der Waals surface area (Å²) in [4.78, 5) is 22.5. The first-order valence-electron chi connectivity index (χ1n) is 9.83. The van der Waals surface area contributed by atoms with Crippen LogP contribution in [0.1, 0.15) is 23.5 Å². The van der Waals surface area contributed by atoms with Gasteiger partial charge in [-0.3, -0.25) is 9.69 Å². The highest BCUT2D eigenvalue weighted by Crippen LogP contribution is 2.29. The number of Topliss-reactive ketones (excluding diaryl/α,β-unsaturated/α-hetero) is 1. The van der Waals surface area contributed by atoms with E-state index in [4.69, 9.17) is 0 Å². The van der Waals surface area contributed by atoms with Crippen molar-refractivity contribution >= 4 is 40.9 Å². The number of hydrogen-bond donors (Lipinski definition) is 1. The maximum Gasteiger partial charge on any atom is 0.186 e. The van der Waals surface area contributed by atoms with Crippen molar-refractivity contribution in [3.8, 4) is 11.1 Å². The van der Waals surface area contributed by atoms with Crippen molar-refractivity contribution in [1.82, 2.24) is 24.8 Å². The van der Waals surface area contributed by atoms with Crippen LogP contribution in [0.5, 0.6) is 0 Å². The van der Waals surface area contributed by atoms with Gasteiger partial charge in [-0.15, -0.1) is 23.7 Å². The molecule has 0 amide bonds. The van der Waals surface area contributed by atoms with E-state index in [0.717, 1.165) is 66.6 Å². The fourth-order valence-electron chi connectivity index (χ4n) is 3.51. The van der Waals surface area contributed by atoms with E-state index in [0.29, 0.717) is 6.54 Å². The summed E-state index contributed by atoms with van der Waals surface area (Å²) < 4.78 is 1.84. The number of carbonyl (C=O) groups excluding carboxylic acids is 1. The highest BCUT2D eigenvalue weighted by Gasteiger charge is 2.17. The zero-order valence-corrected chi connectivity index (χ0v) is 18.4. The minimum atomic E-state index is 0. The fraction of sp³-hybridized carbons (Fsp3) is 0.450. The van der Waals surface area contributed by atoms with Gasteiger partial charge in [-0.1, -0.05) is 13.8 Å². The van der Waals surface area contributed by atoms with Crippen molar-refractivity contribution in [2.24, 2.45) is 0 Å². The predicted molar refractivity (Wildman–Crippen MR) is 121 cm³/mol. The molecule has 9 heteroatoms. The molecule has 1 fully saturated rings. The Hall–Kier alpha value is -2.00. The lowest BCUT2D eigenvalue weighted by Crippen LogP contribution is -2.43. The zero-order chi connectivity index (χ0) is 19.5. The van der Waals surface area contributed by atoms with Gasteiger partial charge >= 0.3 is 0 Å². The van der Waals surface area contributed by atoms with E-state index >= 15 is 0 Å². The molecule has 29 heavy (non-hydrogen) atoms. The van der Waals surface area contributed by atoms with Gasteiger partial charge in [0.15, 0.2) is 11.4 Å². The van der Waals surface area contributed by atoms with Crippen LogP contribution in [0, 0.1) is 0 Å². The van der Waals surface area contributed by atoms with E-state index in [1.807, 2.05) is 34.6 Å². The predicted octanol–water partition coefficient (Wildman–Crippen LogP) is 2.81. The van der Waals surface area contributed by atoms with Crippen molar-refractivity contribution in [2.45, 2.75) is 13.8 Å². The Morgan fingerprint density at radius 1 is 1.24 bits per heavy atom. The van der Waals surface area contributed by atoms with E-state index < -0.39 is 0 Å². The van der Waals surface area contributed by atoms with Gasteiger partial charge in [-0.05, 0) is 30.1 Å². The maximum absolute atomic E-state index is 12.6. The standard InChI is InChI=1S/C20H26N6OS.ClH/c1-3-24(4-2)13-18(27)19-9-15(14-28-19)17-11-23-26-12-16(10-22-20(17)26)25-7-5-21-6-8-25;/h9-12,14,21H,3-8,13H2,1-2H3;1H. The summed E-state index contributed by atoms with van der Waals surface area (Å²) >= 11 is 1.50. The average Bonchev–Trinajstić information content (AvgIpc) is 3.39. The minimum absolute atomic E-state index is 0. The molecule has 1 saturated heterocycles. The molecule has 0 saturated carbocycles. The van der Waals surface area contributed by atoms with Gasteiger partial charge in [0, 0.05) is 31.7 Å². The highest BCUT2D eigenvalue weighted by molar-refractivity contribution is 7.12. The summed E-state index contributed by atoms with van der Waals surface area (Å²) in [5, 5.41) is 9.89. The molecule has 3 aromatic heterocycles.